The van der Waals surface area contributed by atoms with Gasteiger partial charge in [0.05, 0.1) is 0 Å². The third-order valence-corrected chi connectivity index (χ3v) is 5.62. The fourth-order valence-electron chi connectivity index (χ4n) is 3.76. The van der Waals surface area contributed by atoms with Gasteiger partial charge in [0.25, 0.3) is 0 Å². The summed E-state index contributed by atoms with van der Waals surface area (Å²) in [5, 5.41) is 0. The summed E-state index contributed by atoms with van der Waals surface area (Å²) in [6.07, 6.45) is 5.02. The van der Waals surface area contributed by atoms with Crippen LogP contribution in [0.25, 0.3) is 0 Å². The topological polar surface area (TPSA) is 74.8 Å². The molecule has 0 bridgehead atoms. The van der Waals surface area contributed by atoms with Gasteiger partial charge in [-0.15, -0.1) is 0 Å². The second kappa shape index (κ2) is 9.66. The monoisotopic (exact) mass is 394 g/mol. The van der Waals surface area contributed by atoms with E-state index in [0.717, 1.165) is 25.7 Å². The zero-order valence-electron chi connectivity index (χ0n) is 18.8. The first-order chi connectivity index (χ1) is 12.8. The van der Waals surface area contributed by atoms with Crippen molar-refractivity contribution in [3.8, 4) is 0 Å². The Morgan fingerprint density at radius 3 is 1.93 bits per heavy atom. The molecule has 0 aromatic heterocycles. The average Bonchev–Trinajstić information content (AvgIpc) is 3.13. The Balaban J connectivity index is 2.61. The van der Waals surface area contributed by atoms with Crippen molar-refractivity contribution in [2.24, 2.45) is 16.7 Å². The van der Waals surface area contributed by atoms with E-state index in [2.05, 4.69) is 0 Å². The van der Waals surface area contributed by atoms with Gasteiger partial charge in [-0.3, -0.25) is 29.0 Å². The molecule has 6 nitrogen and oxygen atoms in total. The van der Waals surface area contributed by atoms with Crippen molar-refractivity contribution in [3.63, 3.8) is 0 Å². The summed E-state index contributed by atoms with van der Waals surface area (Å²) in [6, 6.07) is 0. The molecule has 1 aliphatic rings. The van der Waals surface area contributed by atoms with Crippen LogP contribution in [0, 0.1) is 16.7 Å². The molecule has 160 valence electrons. The van der Waals surface area contributed by atoms with Gasteiger partial charge in [-0.1, -0.05) is 47.5 Å². The molecule has 0 aromatic carbocycles. The van der Waals surface area contributed by atoms with Gasteiger partial charge in [0, 0.05) is 36.8 Å². The number of imide groups is 2. The molecule has 0 radical (unpaired) electrons. The molecule has 1 fully saturated rings. The summed E-state index contributed by atoms with van der Waals surface area (Å²) in [4.78, 5) is 52.8. The van der Waals surface area contributed by atoms with Crippen LogP contribution in [0.15, 0.2) is 0 Å². The van der Waals surface area contributed by atoms with Crippen molar-refractivity contribution in [2.75, 3.05) is 13.6 Å². The number of rotatable bonds is 7. The molecule has 0 spiro atoms. The summed E-state index contributed by atoms with van der Waals surface area (Å²) in [5.41, 5.74) is -1.33. The predicted octanol–water partition coefficient (Wildman–Crippen LogP) is 3.78. The van der Waals surface area contributed by atoms with Crippen LogP contribution in [0.2, 0.25) is 0 Å². The van der Waals surface area contributed by atoms with Gasteiger partial charge in [0.15, 0.2) is 0 Å². The number of hydrogen-bond acceptors (Lipinski definition) is 4. The summed E-state index contributed by atoms with van der Waals surface area (Å²) < 4.78 is 0. The van der Waals surface area contributed by atoms with Crippen LogP contribution in [0.1, 0.15) is 86.5 Å². The molecule has 0 N–H and O–H groups in total. The van der Waals surface area contributed by atoms with Crippen LogP contribution in [-0.4, -0.2) is 47.0 Å². The maximum atomic E-state index is 12.8. The Morgan fingerprint density at radius 2 is 1.46 bits per heavy atom. The predicted molar refractivity (Wildman–Crippen MR) is 109 cm³/mol. The van der Waals surface area contributed by atoms with E-state index in [1.54, 1.807) is 34.7 Å². The highest BCUT2D eigenvalue weighted by Gasteiger charge is 2.36. The fourth-order valence-corrected chi connectivity index (χ4v) is 3.76. The second-order valence-corrected chi connectivity index (χ2v) is 9.61. The zero-order chi connectivity index (χ0) is 21.7. The van der Waals surface area contributed by atoms with Crippen LogP contribution in [0.3, 0.4) is 0 Å². The van der Waals surface area contributed by atoms with E-state index in [1.807, 2.05) is 13.8 Å². The SMILES string of the molecule is CCN(C(=O)CCCC(C)(C)C(=O)N(C)C(=O)C1CCCC1)C(=O)C(C)(C)C. The smallest absolute Gasteiger partial charge is 0.234 e. The van der Waals surface area contributed by atoms with Crippen LogP contribution in [-0.2, 0) is 19.2 Å². The standard InChI is InChI=1S/C22H38N2O4/c1-8-24(19(27)21(2,3)4)17(25)14-11-15-22(5,6)20(28)23(7)18(26)16-12-9-10-13-16/h16H,8-15H2,1-7H3. The molecule has 0 aliphatic heterocycles. The van der Waals surface area contributed by atoms with Gasteiger partial charge in [-0.05, 0) is 32.6 Å². The normalized spacial score (nSPS) is 15.4. The Labute approximate surface area is 170 Å². The van der Waals surface area contributed by atoms with Gasteiger partial charge in [-0.25, -0.2) is 0 Å². The van der Waals surface area contributed by atoms with E-state index in [9.17, 15) is 19.2 Å². The molecule has 0 unspecified atom stereocenters. The van der Waals surface area contributed by atoms with Crippen molar-refractivity contribution in [2.45, 2.75) is 86.5 Å². The fraction of sp³-hybridized carbons (Fsp3) is 0.818. The van der Waals surface area contributed by atoms with Crippen molar-refractivity contribution in [3.05, 3.63) is 0 Å². The van der Waals surface area contributed by atoms with Gasteiger partial charge < -0.3 is 0 Å². The third kappa shape index (κ3) is 6.14. The molecule has 28 heavy (non-hydrogen) atoms. The van der Waals surface area contributed by atoms with E-state index in [4.69, 9.17) is 0 Å². The lowest BCUT2D eigenvalue weighted by Gasteiger charge is -2.30. The molecule has 0 saturated heterocycles. The largest absolute Gasteiger partial charge is 0.285 e. The van der Waals surface area contributed by atoms with Gasteiger partial charge in [0.1, 0.15) is 0 Å². The van der Waals surface area contributed by atoms with Crippen LogP contribution < -0.4 is 0 Å². The minimum Gasteiger partial charge on any atom is -0.285 e. The molecule has 0 heterocycles. The summed E-state index contributed by atoms with van der Waals surface area (Å²) >= 11 is 0. The highest BCUT2D eigenvalue weighted by atomic mass is 16.2. The van der Waals surface area contributed by atoms with E-state index < -0.39 is 10.8 Å². The third-order valence-electron chi connectivity index (χ3n) is 5.62. The minimum atomic E-state index is -0.728. The highest BCUT2D eigenvalue weighted by Crippen LogP contribution is 2.30. The Bertz CT molecular complexity index is 598. The van der Waals surface area contributed by atoms with E-state index >= 15 is 0 Å². The summed E-state index contributed by atoms with van der Waals surface area (Å²) in [5.74, 6) is -0.708. The Kier molecular flexibility index (Phi) is 8.39. The second-order valence-electron chi connectivity index (χ2n) is 9.61. The quantitative estimate of drug-likeness (QED) is 0.658. The van der Waals surface area contributed by atoms with E-state index in [1.165, 1.54) is 9.80 Å². The maximum absolute atomic E-state index is 12.8. The van der Waals surface area contributed by atoms with Crippen LogP contribution in [0.4, 0.5) is 0 Å². The number of carbonyl (C=O) groups excluding carboxylic acids is 4. The molecule has 0 atom stereocenters. The minimum absolute atomic E-state index is 0.0344. The highest BCUT2D eigenvalue weighted by molar-refractivity contribution is 5.99. The number of amides is 4. The van der Waals surface area contributed by atoms with Crippen molar-refractivity contribution >= 4 is 23.6 Å². The number of nitrogens with zero attached hydrogens (tertiary/aromatic N) is 2. The molecule has 0 aromatic rings. The summed E-state index contributed by atoms with van der Waals surface area (Å²) in [6.45, 7) is 11.2. The number of carbonyl (C=O) groups is 4. The van der Waals surface area contributed by atoms with Crippen LogP contribution >= 0.6 is 0 Å². The van der Waals surface area contributed by atoms with Crippen LogP contribution in [0.5, 0.6) is 0 Å². The Hall–Kier alpha value is -1.72. The van der Waals surface area contributed by atoms with E-state index in [-0.39, 0.29) is 36.0 Å². The van der Waals surface area contributed by atoms with Gasteiger partial charge >= 0.3 is 0 Å². The first-order valence-electron chi connectivity index (χ1n) is 10.5. The molecule has 1 aliphatic carbocycles. The first kappa shape index (κ1) is 24.3. The lowest BCUT2D eigenvalue weighted by molar-refractivity contribution is -0.153. The average molecular weight is 395 g/mol. The van der Waals surface area contributed by atoms with Gasteiger partial charge in [-0.2, -0.15) is 0 Å². The first-order valence-corrected chi connectivity index (χ1v) is 10.5. The molecule has 4 amide bonds. The summed E-state index contributed by atoms with van der Waals surface area (Å²) in [7, 11) is 1.57. The molecular weight excluding hydrogens is 356 g/mol. The number of hydrogen-bond donors (Lipinski definition) is 0. The molecule has 1 saturated carbocycles. The van der Waals surface area contributed by atoms with Crippen molar-refractivity contribution in [1.82, 2.24) is 9.80 Å². The molecule has 1 rings (SSSR count). The van der Waals surface area contributed by atoms with Crippen molar-refractivity contribution < 1.29 is 19.2 Å². The van der Waals surface area contributed by atoms with E-state index in [0.29, 0.717) is 19.4 Å². The Morgan fingerprint density at radius 1 is 0.929 bits per heavy atom. The zero-order valence-corrected chi connectivity index (χ0v) is 18.8. The van der Waals surface area contributed by atoms with Crippen molar-refractivity contribution in [1.29, 1.82) is 0 Å². The lowest BCUT2D eigenvalue weighted by Crippen LogP contribution is -2.45. The maximum Gasteiger partial charge on any atom is 0.234 e. The van der Waals surface area contributed by atoms with Gasteiger partial charge in [0.2, 0.25) is 23.6 Å². The molecule has 6 heteroatoms. The lowest BCUT2D eigenvalue weighted by atomic mass is 9.85. The molecular formula is C22H38N2O4.